The van der Waals surface area contributed by atoms with Gasteiger partial charge in [-0.25, -0.2) is 0 Å². The highest BCUT2D eigenvalue weighted by Gasteiger charge is 2.23. The number of aliphatic hydroxyl groups excluding tert-OH is 1. The maximum Gasteiger partial charge on any atom is 0.0449 e. The molecular weight excluding hydrogens is 210 g/mol. The van der Waals surface area contributed by atoms with Gasteiger partial charge in [-0.3, -0.25) is 4.90 Å². The molecule has 2 rings (SSSR count). The summed E-state index contributed by atoms with van der Waals surface area (Å²) in [6, 6.07) is 7.07. The Hall–Kier alpha value is -0.860. The average molecular weight is 233 g/mol. The van der Waals surface area contributed by atoms with E-state index >= 15 is 0 Å². The molecule has 1 fully saturated rings. The third-order valence-corrected chi connectivity index (χ3v) is 3.77. The Balaban J connectivity index is 2.24. The molecular formula is C15H23NO. The van der Waals surface area contributed by atoms with E-state index in [9.17, 15) is 5.11 Å². The van der Waals surface area contributed by atoms with Crippen molar-refractivity contribution < 1.29 is 5.11 Å². The lowest BCUT2D eigenvalue weighted by atomic mass is 9.96. The van der Waals surface area contributed by atoms with E-state index in [1.165, 1.54) is 42.6 Å². The van der Waals surface area contributed by atoms with Crippen molar-refractivity contribution in [2.75, 3.05) is 19.7 Å². The molecule has 1 N–H and O–H groups in total. The van der Waals surface area contributed by atoms with Crippen LogP contribution in [0.2, 0.25) is 0 Å². The standard InChI is InChI=1S/C15H23NO/c1-12-5-6-14(13(2)11-12)15(7-10-17)16-8-3-4-9-16/h5-6,11,15,17H,3-4,7-10H2,1-2H3. The summed E-state index contributed by atoms with van der Waals surface area (Å²) in [6.45, 7) is 6.95. The second-order valence-electron chi connectivity index (χ2n) is 5.13. The summed E-state index contributed by atoms with van der Waals surface area (Å²) < 4.78 is 0. The van der Waals surface area contributed by atoms with E-state index < -0.39 is 0 Å². The molecule has 0 aliphatic carbocycles. The van der Waals surface area contributed by atoms with Crippen LogP contribution >= 0.6 is 0 Å². The van der Waals surface area contributed by atoms with Gasteiger partial charge in [-0.2, -0.15) is 0 Å². The van der Waals surface area contributed by atoms with Gasteiger partial charge in [0, 0.05) is 12.6 Å². The predicted molar refractivity (Wildman–Crippen MR) is 71.2 cm³/mol. The van der Waals surface area contributed by atoms with Gasteiger partial charge in [-0.15, -0.1) is 0 Å². The first-order valence-electron chi connectivity index (χ1n) is 6.64. The van der Waals surface area contributed by atoms with Crippen LogP contribution in [-0.2, 0) is 0 Å². The van der Waals surface area contributed by atoms with Crippen molar-refractivity contribution in [3.05, 3.63) is 34.9 Å². The summed E-state index contributed by atoms with van der Waals surface area (Å²) in [7, 11) is 0. The second-order valence-corrected chi connectivity index (χ2v) is 5.13. The summed E-state index contributed by atoms with van der Waals surface area (Å²) in [5.41, 5.74) is 4.07. The molecule has 0 amide bonds. The van der Waals surface area contributed by atoms with Gasteiger partial charge in [-0.05, 0) is 57.3 Å². The van der Waals surface area contributed by atoms with Crippen LogP contribution in [0.1, 0.15) is 42.0 Å². The molecule has 1 saturated heterocycles. The molecule has 1 aliphatic rings. The van der Waals surface area contributed by atoms with Crippen molar-refractivity contribution in [1.82, 2.24) is 4.90 Å². The minimum atomic E-state index is 0.272. The quantitative estimate of drug-likeness (QED) is 0.864. The fourth-order valence-electron chi connectivity index (χ4n) is 2.91. The smallest absolute Gasteiger partial charge is 0.0449 e. The zero-order valence-electron chi connectivity index (χ0n) is 10.9. The number of likely N-dealkylation sites (tertiary alicyclic amines) is 1. The molecule has 0 bridgehead atoms. The molecule has 1 atom stereocenters. The molecule has 17 heavy (non-hydrogen) atoms. The first-order chi connectivity index (χ1) is 8.22. The normalized spacial score (nSPS) is 18.5. The van der Waals surface area contributed by atoms with Crippen molar-refractivity contribution in [1.29, 1.82) is 0 Å². The number of rotatable bonds is 4. The molecule has 1 heterocycles. The Labute approximate surface area is 104 Å². The van der Waals surface area contributed by atoms with Crippen LogP contribution in [0.5, 0.6) is 0 Å². The van der Waals surface area contributed by atoms with Crippen LogP contribution in [0.4, 0.5) is 0 Å². The first-order valence-corrected chi connectivity index (χ1v) is 6.64. The zero-order valence-corrected chi connectivity index (χ0v) is 10.9. The van der Waals surface area contributed by atoms with Crippen molar-refractivity contribution in [3.8, 4) is 0 Å². The van der Waals surface area contributed by atoms with Gasteiger partial charge in [-0.1, -0.05) is 23.8 Å². The maximum atomic E-state index is 9.28. The Morgan fingerprint density at radius 2 is 1.94 bits per heavy atom. The zero-order chi connectivity index (χ0) is 12.3. The van der Waals surface area contributed by atoms with E-state index in [4.69, 9.17) is 0 Å². The van der Waals surface area contributed by atoms with E-state index in [-0.39, 0.29) is 6.61 Å². The lowest BCUT2D eigenvalue weighted by molar-refractivity contribution is 0.185. The van der Waals surface area contributed by atoms with Crippen LogP contribution in [0.3, 0.4) is 0 Å². The molecule has 2 nitrogen and oxygen atoms in total. The summed E-state index contributed by atoms with van der Waals surface area (Å²) >= 11 is 0. The molecule has 0 aromatic heterocycles. The molecule has 1 aromatic carbocycles. The third-order valence-electron chi connectivity index (χ3n) is 3.77. The highest BCUT2D eigenvalue weighted by molar-refractivity contribution is 5.33. The number of benzene rings is 1. The highest BCUT2D eigenvalue weighted by atomic mass is 16.3. The van der Waals surface area contributed by atoms with Gasteiger partial charge in [0.2, 0.25) is 0 Å². The van der Waals surface area contributed by atoms with Gasteiger partial charge in [0.05, 0.1) is 0 Å². The van der Waals surface area contributed by atoms with Crippen molar-refractivity contribution >= 4 is 0 Å². The second kappa shape index (κ2) is 5.65. The molecule has 0 saturated carbocycles. The largest absolute Gasteiger partial charge is 0.396 e. The Kier molecular flexibility index (Phi) is 4.19. The molecule has 94 valence electrons. The number of aliphatic hydroxyl groups is 1. The maximum absolute atomic E-state index is 9.28. The van der Waals surface area contributed by atoms with Gasteiger partial charge < -0.3 is 5.11 Å². The highest BCUT2D eigenvalue weighted by Crippen LogP contribution is 2.30. The Morgan fingerprint density at radius 1 is 1.24 bits per heavy atom. The fourth-order valence-corrected chi connectivity index (χ4v) is 2.91. The van der Waals surface area contributed by atoms with Crippen LogP contribution < -0.4 is 0 Å². The summed E-state index contributed by atoms with van der Waals surface area (Å²) in [6.07, 6.45) is 3.45. The van der Waals surface area contributed by atoms with E-state index in [1.54, 1.807) is 0 Å². The molecule has 1 aliphatic heterocycles. The number of hydrogen-bond donors (Lipinski definition) is 1. The predicted octanol–water partition coefficient (Wildman–Crippen LogP) is 2.82. The van der Waals surface area contributed by atoms with Crippen molar-refractivity contribution in [2.45, 2.75) is 39.2 Å². The van der Waals surface area contributed by atoms with Crippen molar-refractivity contribution in [3.63, 3.8) is 0 Å². The van der Waals surface area contributed by atoms with Crippen molar-refractivity contribution in [2.24, 2.45) is 0 Å². The van der Waals surface area contributed by atoms with E-state index in [2.05, 4.69) is 36.9 Å². The van der Waals surface area contributed by atoms with Crippen LogP contribution in [0.25, 0.3) is 0 Å². The summed E-state index contributed by atoms with van der Waals surface area (Å²) in [4.78, 5) is 2.52. The van der Waals surface area contributed by atoms with E-state index in [1.807, 2.05) is 0 Å². The average Bonchev–Trinajstić information content (AvgIpc) is 2.80. The third kappa shape index (κ3) is 2.88. The van der Waals surface area contributed by atoms with Crippen LogP contribution in [0.15, 0.2) is 18.2 Å². The minimum Gasteiger partial charge on any atom is -0.396 e. The van der Waals surface area contributed by atoms with Crippen LogP contribution in [-0.4, -0.2) is 29.7 Å². The minimum absolute atomic E-state index is 0.272. The Morgan fingerprint density at radius 3 is 2.53 bits per heavy atom. The topological polar surface area (TPSA) is 23.5 Å². The Bertz CT molecular complexity index is 369. The van der Waals surface area contributed by atoms with E-state index in [0.717, 1.165) is 6.42 Å². The lowest BCUT2D eigenvalue weighted by Crippen LogP contribution is -2.27. The van der Waals surface area contributed by atoms with Gasteiger partial charge in [0.15, 0.2) is 0 Å². The summed E-state index contributed by atoms with van der Waals surface area (Å²) in [5, 5.41) is 9.28. The van der Waals surface area contributed by atoms with E-state index in [0.29, 0.717) is 6.04 Å². The molecule has 0 spiro atoms. The number of aryl methyl sites for hydroxylation is 2. The number of hydrogen-bond acceptors (Lipinski definition) is 2. The van der Waals surface area contributed by atoms with Crippen LogP contribution in [0, 0.1) is 13.8 Å². The summed E-state index contributed by atoms with van der Waals surface area (Å²) in [5.74, 6) is 0. The first kappa shape index (κ1) is 12.6. The monoisotopic (exact) mass is 233 g/mol. The van der Waals surface area contributed by atoms with Gasteiger partial charge >= 0.3 is 0 Å². The molecule has 2 heteroatoms. The number of nitrogens with zero attached hydrogens (tertiary/aromatic N) is 1. The SMILES string of the molecule is Cc1ccc(C(CCO)N2CCCC2)c(C)c1. The van der Waals surface area contributed by atoms with Gasteiger partial charge in [0.1, 0.15) is 0 Å². The molecule has 1 unspecified atom stereocenters. The van der Waals surface area contributed by atoms with Gasteiger partial charge in [0.25, 0.3) is 0 Å². The molecule has 1 aromatic rings. The fraction of sp³-hybridized carbons (Fsp3) is 0.600. The lowest BCUT2D eigenvalue weighted by Gasteiger charge is -2.28. The molecule has 0 radical (unpaired) electrons.